The Labute approximate surface area is 153 Å². The first-order chi connectivity index (χ1) is 12.3. The van der Waals surface area contributed by atoms with Crippen LogP contribution in [0.3, 0.4) is 0 Å². The van der Waals surface area contributed by atoms with Gasteiger partial charge < -0.3 is 10.0 Å². The molecule has 0 aliphatic carbocycles. The normalized spacial score (nSPS) is 23.7. The number of carboxylic acids is 1. The summed E-state index contributed by atoms with van der Waals surface area (Å²) >= 11 is 0. The summed E-state index contributed by atoms with van der Waals surface area (Å²) in [7, 11) is -3.46. The lowest BCUT2D eigenvalue weighted by Crippen LogP contribution is -2.50. The molecule has 1 N–H and O–H groups in total. The molecule has 0 aromatic heterocycles. The number of hydrogen-bond donors (Lipinski definition) is 1. The minimum atomic E-state index is -3.46. The lowest BCUT2D eigenvalue weighted by molar-refractivity contribution is -0.142. The fraction of sp³-hybridized carbons (Fsp3) is 0.556. The number of carbonyl (C=O) groups excluding carboxylic acids is 1. The number of hydrogen-bond acceptors (Lipinski definition) is 4. The number of aliphatic carboxylic acids is 1. The van der Waals surface area contributed by atoms with Crippen LogP contribution < -0.4 is 0 Å². The van der Waals surface area contributed by atoms with Crippen LogP contribution >= 0.6 is 0 Å². The molecule has 1 fully saturated rings. The van der Waals surface area contributed by atoms with Crippen molar-refractivity contribution in [2.75, 3.05) is 18.8 Å². The van der Waals surface area contributed by atoms with Crippen molar-refractivity contribution in [1.29, 1.82) is 0 Å². The van der Waals surface area contributed by atoms with E-state index in [0.717, 1.165) is 11.1 Å². The van der Waals surface area contributed by atoms with Crippen molar-refractivity contribution in [3.63, 3.8) is 0 Å². The number of carboxylic acid groups (broad SMARTS) is 1. The molecule has 2 heterocycles. The molecule has 2 aliphatic rings. The summed E-state index contributed by atoms with van der Waals surface area (Å²) in [6.45, 7) is 2.54. The van der Waals surface area contributed by atoms with E-state index in [0.29, 0.717) is 32.4 Å². The van der Waals surface area contributed by atoms with Crippen LogP contribution in [-0.2, 0) is 26.2 Å². The number of carbonyl (C=O) groups is 2. The van der Waals surface area contributed by atoms with Crippen molar-refractivity contribution in [2.45, 2.75) is 44.7 Å². The van der Waals surface area contributed by atoms with Gasteiger partial charge in [0.05, 0.1) is 11.7 Å². The zero-order valence-corrected chi connectivity index (χ0v) is 15.6. The third-order valence-corrected chi connectivity index (χ3v) is 7.19. The van der Waals surface area contributed by atoms with Crippen LogP contribution in [0.1, 0.15) is 43.2 Å². The molecule has 0 bridgehead atoms. The van der Waals surface area contributed by atoms with Gasteiger partial charge in [-0.25, -0.2) is 8.42 Å². The van der Waals surface area contributed by atoms with Crippen molar-refractivity contribution in [3.8, 4) is 0 Å². The highest BCUT2D eigenvalue weighted by molar-refractivity contribution is 7.89. The van der Waals surface area contributed by atoms with E-state index in [1.165, 1.54) is 9.21 Å². The van der Waals surface area contributed by atoms with E-state index in [9.17, 15) is 23.1 Å². The van der Waals surface area contributed by atoms with E-state index >= 15 is 0 Å². The van der Waals surface area contributed by atoms with E-state index in [-0.39, 0.29) is 18.2 Å². The van der Waals surface area contributed by atoms with Crippen molar-refractivity contribution in [1.82, 2.24) is 9.21 Å². The fourth-order valence-electron chi connectivity index (χ4n) is 3.89. The zero-order valence-electron chi connectivity index (χ0n) is 14.8. The highest BCUT2D eigenvalue weighted by atomic mass is 32.2. The summed E-state index contributed by atoms with van der Waals surface area (Å²) in [5, 5.41) is 9.56. The van der Waals surface area contributed by atoms with Gasteiger partial charge in [-0.1, -0.05) is 31.2 Å². The Hall–Kier alpha value is -1.93. The Morgan fingerprint density at radius 1 is 1.27 bits per heavy atom. The number of benzene rings is 1. The molecule has 1 aromatic rings. The Bertz CT molecular complexity index is 808. The number of nitrogens with zero attached hydrogens (tertiary/aromatic N) is 2. The molecule has 7 nitrogen and oxygen atoms in total. The standard InChI is InChI=1S/C18H24N2O5S/c1-2-10-26(24,25)20-9-5-8-16(20)17(21)19-11-13-6-3-4-7-14(13)15(12-19)18(22)23/h3-4,6-7,15-16H,2,5,8-12H2,1H3,(H,22,23). The third-order valence-electron chi connectivity index (χ3n) is 5.11. The van der Waals surface area contributed by atoms with Crippen LogP contribution in [0.15, 0.2) is 24.3 Å². The molecular formula is C18H24N2O5S. The fourth-order valence-corrected chi connectivity index (χ4v) is 5.63. The highest BCUT2D eigenvalue weighted by Crippen LogP contribution is 2.31. The number of amides is 1. The first-order valence-electron chi connectivity index (χ1n) is 8.94. The van der Waals surface area contributed by atoms with Crippen LogP contribution in [0.25, 0.3) is 0 Å². The minimum absolute atomic E-state index is 0.0252. The van der Waals surface area contributed by atoms with E-state index in [2.05, 4.69) is 0 Å². The number of rotatable bonds is 5. The molecule has 142 valence electrons. The van der Waals surface area contributed by atoms with Crippen LogP contribution in [0, 0.1) is 0 Å². The average molecular weight is 380 g/mol. The van der Waals surface area contributed by atoms with Gasteiger partial charge in [0.25, 0.3) is 0 Å². The molecule has 0 radical (unpaired) electrons. The quantitative estimate of drug-likeness (QED) is 0.833. The second kappa shape index (κ2) is 7.36. The number of fused-ring (bicyclic) bond motifs is 1. The van der Waals surface area contributed by atoms with Crippen molar-refractivity contribution < 1.29 is 23.1 Å². The Kier molecular flexibility index (Phi) is 5.34. The molecule has 26 heavy (non-hydrogen) atoms. The predicted molar refractivity (Wildman–Crippen MR) is 96.0 cm³/mol. The molecule has 1 aromatic carbocycles. The van der Waals surface area contributed by atoms with Gasteiger partial charge >= 0.3 is 5.97 Å². The van der Waals surface area contributed by atoms with Crippen LogP contribution in [-0.4, -0.2) is 59.5 Å². The Balaban J connectivity index is 1.85. The molecule has 2 atom stereocenters. The highest BCUT2D eigenvalue weighted by Gasteiger charge is 2.42. The lowest BCUT2D eigenvalue weighted by atomic mass is 9.89. The predicted octanol–water partition coefficient (Wildman–Crippen LogP) is 1.40. The maximum Gasteiger partial charge on any atom is 0.312 e. The molecule has 0 spiro atoms. The first kappa shape index (κ1) is 18.8. The van der Waals surface area contributed by atoms with Gasteiger partial charge in [-0.05, 0) is 30.4 Å². The van der Waals surface area contributed by atoms with Gasteiger partial charge in [0.15, 0.2) is 0 Å². The minimum Gasteiger partial charge on any atom is -0.481 e. The summed E-state index contributed by atoms with van der Waals surface area (Å²) in [4.78, 5) is 26.2. The molecule has 2 aliphatic heterocycles. The maximum absolute atomic E-state index is 13.1. The Morgan fingerprint density at radius 2 is 2.00 bits per heavy atom. The third kappa shape index (κ3) is 3.48. The summed E-state index contributed by atoms with van der Waals surface area (Å²) in [5.41, 5.74) is 1.53. The van der Waals surface area contributed by atoms with Gasteiger partial charge in [-0.3, -0.25) is 9.59 Å². The Morgan fingerprint density at radius 3 is 2.69 bits per heavy atom. The maximum atomic E-state index is 13.1. The molecule has 3 rings (SSSR count). The summed E-state index contributed by atoms with van der Waals surface area (Å²) in [6, 6.07) is 6.50. The second-order valence-electron chi connectivity index (χ2n) is 6.89. The van der Waals surface area contributed by atoms with Crippen LogP contribution in [0.5, 0.6) is 0 Å². The molecular weight excluding hydrogens is 356 g/mol. The van der Waals surface area contributed by atoms with Crippen LogP contribution in [0.2, 0.25) is 0 Å². The molecule has 0 saturated carbocycles. The van der Waals surface area contributed by atoms with Crippen molar-refractivity contribution in [3.05, 3.63) is 35.4 Å². The molecule has 1 amide bonds. The van der Waals surface area contributed by atoms with Gasteiger partial charge in [-0.2, -0.15) is 4.31 Å². The molecule has 8 heteroatoms. The van der Waals surface area contributed by atoms with Crippen molar-refractivity contribution >= 4 is 21.9 Å². The average Bonchev–Trinajstić information content (AvgIpc) is 3.10. The summed E-state index contributed by atoms with van der Waals surface area (Å²) < 4.78 is 26.2. The summed E-state index contributed by atoms with van der Waals surface area (Å²) in [6.07, 6.45) is 1.63. The van der Waals surface area contributed by atoms with Gasteiger partial charge in [0.1, 0.15) is 6.04 Å². The topological polar surface area (TPSA) is 95.0 Å². The molecule has 1 saturated heterocycles. The summed E-state index contributed by atoms with van der Waals surface area (Å²) in [5.74, 6) is -2.03. The first-order valence-corrected chi connectivity index (χ1v) is 10.5. The smallest absolute Gasteiger partial charge is 0.312 e. The van der Waals surface area contributed by atoms with E-state index in [1.807, 2.05) is 12.1 Å². The van der Waals surface area contributed by atoms with Gasteiger partial charge in [0, 0.05) is 19.6 Å². The van der Waals surface area contributed by atoms with Gasteiger partial charge in [0.2, 0.25) is 15.9 Å². The van der Waals surface area contributed by atoms with Gasteiger partial charge in [-0.15, -0.1) is 0 Å². The largest absolute Gasteiger partial charge is 0.481 e. The SMILES string of the molecule is CCCS(=O)(=O)N1CCCC1C(=O)N1Cc2ccccc2C(C(=O)O)C1. The zero-order chi connectivity index (χ0) is 18.9. The van der Waals surface area contributed by atoms with Crippen molar-refractivity contribution in [2.24, 2.45) is 0 Å². The monoisotopic (exact) mass is 380 g/mol. The second-order valence-corrected chi connectivity index (χ2v) is 8.93. The number of sulfonamides is 1. The van der Waals surface area contributed by atoms with E-state index < -0.39 is 28.0 Å². The van der Waals surface area contributed by atoms with E-state index in [4.69, 9.17) is 0 Å². The molecule has 2 unspecified atom stereocenters. The van der Waals surface area contributed by atoms with E-state index in [1.54, 1.807) is 19.1 Å². The lowest BCUT2D eigenvalue weighted by Gasteiger charge is -2.35. The van der Waals surface area contributed by atoms with Crippen LogP contribution in [0.4, 0.5) is 0 Å².